The molecule has 1 aromatic heterocycles. The van der Waals surface area contributed by atoms with Crippen molar-refractivity contribution >= 4 is 12.4 Å². The van der Waals surface area contributed by atoms with E-state index in [4.69, 9.17) is 23.9 Å². The van der Waals surface area contributed by atoms with Crippen LogP contribution in [0.1, 0.15) is 42.4 Å². The second kappa shape index (κ2) is 11.0. The lowest BCUT2D eigenvalue weighted by atomic mass is 10.1. The Morgan fingerprint density at radius 2 is 2.11 bits per heavy atom. The zero-order valence-electron chi connectivity index (χ0n) is 16.0. The van der Waals surface area contributed by atoms with E-state index in [9.17, 15) is 4.79 Å². The number of carbonyl (C=O) groups is 2. The van der Waals surface area contributed by atoms with Crippen LogP contribution in [0.5, 0.6) is 0 Å². The van der Waals surface area contributed by atoms with E-state index in [1.54, 1.807) is 6.07 Å². The summed E-state index contributed by atoms with van der Waals surface area (Å²) in [4.78, 5) is 25.2. The Labute approximate surface area is 159 Å². The van der Waals surface area contributed by atoms with Crippen molar-refractivity contribution in [2.45, 2.75) is 32.3 Å². The van der Waals surface area contributed by atoms with Crippen LogP contribution in [-0.2, 0) is 14.3 Å². The van der Waals surface area contributed by atoms with E-state index < -0.39 is 0 Å². The molecule has 3 heterocycles. The van der Waals surface area contributed by atoms with E-state index in [1.807, 2.05) is 18.7 Å². The minimum absolute atomic E-state index is 0.0616. The van der Waals surface area contributed by atoms with Crippen LogP contribution in [0, 0.1) is 0 Å². The van der Waals surface area contributed by atoms with Gasteiger partial charge in [-0.15, -0.1) is 0 Å². The Kier molecular flexibility index (Phi) is 8.70. The highest BCUT2D eigenvalue weighted by Crippen LogP contribution is 2.16. The average Bonchev–Trinajstić information content (AvgIpc) is 3.05. The molecule has 1 aromatic rings. The fraction of sp³-hybridized carbons (Fsp3) is 0.722. The molecule has 1 N–H and O–H groups in total. The molecule has 2 aliphatic rings. The van der Waals surface area contributed by atoms with Crippen molar-refractivity contribution in [2.75, 3.05) is 52.5 Å². The van der Waals surface area contributed by atoms with Crippen LogP contribution >= 0.6 is 0 Å². The molecule has 1 unspecified atom stereocenters. The summed E-state index contributed by atoms with van der Waals surface area (Å²) >= 11 is 0. The molecule has 1 atom stereocenters. The second-order valence-electron chi connectivity index (χ2n) is 6.89. The van der Waals surface area contributed by atoms with Crippen molar-refractivity contribution in [3.05, 3.63) is 17.5 Å². The van der Waals surface area contributed by atoms with Crippen molar-refractivity contribution in [3.8, 4) is 0 Å². The number of amides is 1. The lowest BCUT2D eigenvalue weighted by Crippen LogP contribution is -2.42. The Morgan fingerprint density at radius 3 is 2.74 bits per heavy atom. The lowest BCUT2D eigenvalue weighted by Gasteiger charge is -2.29. The predicted molar refractivity (Wildman–Crippen MR) is 96.8 cm³/mol. The van der Waals surface area contributed by atoms with Crippen LogP contribution in [0.4, 0.5) is 0 Å². The minimum atomic E-state index is -0.250. The maximum atomic E-state index is 12.6. The van der Waals surface area contributed by atoms with Gasteiger partial charge in [-0.25, -0.2) is 0 Å². The summed E-state index contributed by atoms with van der Waals surface area (Å²) in [6, 6.07) is 1.77. The molecule has 0 radical (unpaired) electrons. The molecule has 2 fully saturated rings. The van der Waals surface area contributed by atoms with Crippen LogP contribution < -0.4 is 0 Å². The Hall–Kier alpha value is -1.97. The van der Waals surface area contributed by atoms with E-state index >= 15 is 0 Å². The minimum Gasteiger partial charge on any atom is -0.483 e. The number of hydrogen-bond donors (Lipinski definition) is 1. The van der Waals surface area contributed by atoms with Gasteiger partial charge < -0.3 is 24.0 Å². The third-order valence-electron chi connectivity index (χ3n) is 4.55. The summed E-state index contributed by atoms with van der Waals surface area (Å²) < 4.78 is 16.4. The lowest BCUT2D eigenvalue weighted by molar-refractivity contribution is -0.122. The highest BCUT2D eigenvalue weighted by molar-refractivity contribution is 5.91. The van der Waals surface area contributed by atoms with Crippen molar-refractivity contribution in [2.24, 2.45) is 0 Å². The molecule has 3 rings (SSSR count). The molecule has 9 heteroatoms. The van der Waals surface area contributed by atoms with Crippen LogP contribution in [0.2, 0.25) is 0 Å². The molecule has 0 saturated carbocycles. The first-order valence-corrected chi connectivity index (χ1v) is 9.30. The van der Waals surface area contributed by atoms with E-state index in [0.717, 1.165) is 38.3 Å². The standard InChI is InChI=1S/C17H27N3O4.CH2O2/c1-13(2)15-10-16(24-18-15)17(21)20-5-3-4-19(6-7-20)11-14-12-22-8-9-23-14;2-1-3/h10,13-14H,3-9,11-12H2,1-2H3;1H,(H,2,3). The van der Waals surface area contributed by atoms with Crippen LogP contribution in [0.3, 0.4) is 0 Å². The van der Waals surface area contributed by atoms with Crippen LogP contribution in [0.15, 0.2) is 10.6 Å². The molecule has 2 aliphatic heterocycles. The van der Waals surface area contributed by atoms with Gasteiger partial charge in [0.1, 0.15) is 0 Å². The average molecular weight is 383 g/mol. The number of aromatic nitrogens is 1. The SMILES string of the molecule is CC(C)c1cc(C(=O)N2CCCN(CC3COCCO3)CC2)on1.O=CO. The summed E-state index contributed by atoms with van der Waals surface area (Å²) in [7, 11) is 0. The van der Waals surface area contributed by atoms with Gasteiger partial charge in [0.25, 0.3) is 12.4 Å². The summed E-state index contributed by atoms with van der Waals surface area (Å²) in [6.07, 6.45) is 1.09. The molecular formula is C18H29N3O6. The summed E-state index contributed by atoms with van der Waals surface area (Å²) in [6.45, 7) is 9.96. The van der Waals surface area contributed by atoms with E-state index in [0.29, 0.717) is 32.1 Å². The van der Waals surface area contributed by atoms with Crippen LogP contribution in [0.25, 0.3) is 0 Å². The first-order chi connectivity index (χ1) is 13.0. The normalized spacial score (nSPS) is 21.3. The molecule has 27 heavy (non-hydrogen) atoms. The molecule has 9 nitrogen and oxygen atoms in total. The van der Waals surface area contributed by atoms with Crippen LogP contribution in [-0.4, -0.2) is 91.1 Å². The quantitative estimate of drug-likeness (QED) is 0.770. The first kappa shape index (κ1) is 21.3. The van der Waals surface area contributed by atoms with Gasteiger partial charge in [0.15, 0.2) is 0 Å². The van der Waals surface area contributed by atoms with E-state index in [-0.39, 0.29) is 24.4 Å². The van der Waals surface area contributed by atoms with Crippen molar-refractivity contribution < 1.29 is 28.7 Å². The van der Waals surface area contributed by atoms with Gasteiger partial charge in [-0.3, -0.25) is 14.5 Å². The third-order valence-corrected chi connectivity index (χ3v) is 4.55. The van der Waals surface area contributed by atoms with Gasteiger partial charge >= 0.3 is 0 Å². The number of hydrogen-bond acceptors (Lipinski definition) is 7. The van der Waals surface area contributed by atoms with Crippen molar-refractivity contribution in [3.63, 3.8) is 0 Å². The Morgan fingerprint density at radius 1 is 1.33 bits per heavy atom. The fourth-order valence-electron chi connectivity index (χ4n) is 3.10. The second-order valence-corrected chi connectivity index (χ2v) is 6.89. The maximum Gasteiger partial charge on any atom is 0.292 e. The highest BCUT2D eigenvalue weighted by atomic mass is 16.6. The molecule has 2 saturated heterocycles. The van der Waals surface area contributed by atoms with Gasteiger partial charge in [-0.1, -0.05) is 19.0 Å². The van der Waals surface area contributed by atoms with Gasteiger partial charge in [-0.05, 0) is 18.9 Å². The van der Waals surface area contributed by atoms with Gasteiger partial charge in [0.05, 0.1) is 31.6 Å². The Bertz CT molecular complexity index is 585. The zero-order valence-corrected chi connectivity index (χ0v) is 16.0. The summed E-state index contributed by atoms with van der Waals surface area (Å²) in [5.74, 6) is 0.539. The van der Waals surface area contributed by atoms with E-state index in [1.165, 1.54) is 0 Å². The predicted octanol–water partition coefficient (Wildman–Crippen LogP) is 1.06. The largest absolute Gasteiger partial charge is 0.483 e. The molecule has 1 amide bonds. The number of ether oxygens (including phenoxy) is 2. The van der Waals surface area contributed by atoms with E-state index in [2.05, 4.69) is 10.1 Å². The number of carbonyl (C=O) groups excluding carboxylic acids is 1. The molecule has 0 bridgehead atoms. The number of rotatable bonds is 4. The molecule has 152 valence electrons. The summed E-state index contributed by atoms with van der Waals surface area (Å²) in [5.41, 5.74) is 0.823. The Balaban J connectivity index is 0.000000817. The summed E-state index contributed by atoms with van der Waals surface area (Å²) in [5, 5.41) is 10.9. The first-order valence-electron chi connectivity index (χ1n) is 9.30. The number of nitrogens with zero attached hydrogens (tertiary/aromatic N) is 3. The van der Waals surface area contributed by atoms with Gasteiger partial charge in [0, 0.05) is 32.2 Å². The van der Waals surface area contributed by atoms with Gasteiger partial charge in [0.2, 0.25) is 5.76 Å². The van der Waals surface area contributed by atoms with Crippen molar-refractivity contribution in [1.82, 2.24) is 15.0 Å². The van der Waals surface area contributed by atoms with Gasteiger partial charge in [-0.2, -0.15) is 0 Å². The fourth-order valence-corrected chi connectivity index (χ4v) is 3.10. The monoisotopic (exact) mass is 383 g/mol. The third kappa shape index (κ3) is 6.60. The molecule has 0 aliphatic carbocycles. The zero-order chi connectivity index (χ0) is 19.6. The highest BCUT2D eigenvalue weighted by Gasteiger charge is 2.25. The van der Waals surface area contributed by atoms with Crippen molar-refractivity contribution in [1.29, 1.82) is 0 Å². The topological polar surface area (TPSA) is 105 Å². The number of carboxylic acid groups (broad SMARTS) is 1. The molecular weight excluding hydrogens is 354 g/mol. The smallest absolute Gasteiger partial charge is 0.292 e. The molecule has 0 aromatic carbocycles. The maximum absolute atomic E-state index is 12.6. The molecule has 0 spiro atoms.